The van der Waals surface area contributed by atoms with E-state index >= 15 is 0 Å². The molecular weight excluding hydrogens is 277 g/mol. The van der Waals surface area contributed by atoms with Gasteiger partial charge in [0.1, 0.15) is 17.2 Å². The Labute approximate surface area is 121 Å². The first-order valence-corrected chi connectivity index (χ1v) is 6.71. The molecule has 1 atom stereocenters. The smallest absolute Gasteiger partial charge is 0.134 e. The summed E-state index contributed by atoms with van der Waals surface area (Å²) in [7, 11) is 0. The molecule has 0 aliphatic rings. The number of hydrogen-bond acceptors (Lipinski definition) is 2. The Morgan fingerprint density at radius 2 is 1.95 bits per heavy atom. The van der Waals surface area contributed by atoms with Gasteiger partial charge in [-0.1, -0.05) is 29.8 Å². The second-order valence-electron chi connectivity index (χ2n) is 4.71. The fourth-order valence-electron chi connectivity index (χ4n) is 2.17. The Kier molecular flexibility index (Phi) is 3.36. The van der Waals surface area contributed by atoms with Crippen LogP contribution < -0.4 is 5.32 Å². The molecule has 20 heavy (non-hydrogen) atoms. The molecule has 0 aliphatic carbocycles. The lowest BCUT2D eigenvalue weighted by atomic mass is 10.2. The summed E-state index contributed by atoms with van der Waals surface area (Å²) >= 11 is 5.84. The number of para-hydroxylation sites is 1. The van der Waals surface area contributed by atoms with Crippen LogP contribution in [0.4, 0.5) is 10.1 Å². The van der Waals surface area contributed by atoms with Gasteiger partial charge in [0, 0.05) is 16.1 Å². The maximum Gasteiger partial charge on any atom is 0.134 e. The van der Waals surface area contributed by atoms with Crippen molar-refractivity contribution in [1.29, 1.82) is 0 Å². The topological polar surface area (TPSA) is 25.2 Å². The van der Waals surface area contributed by atoms with E-state index in [1.807, 2.05) is 37.3 Å². The summed E-state index contributed by atoms with van der Waals surface area (Å²) in [6.45, 7) is 1.95. The van der Waals surface area contributed by atoms with E-state index in [-0.39, 0.29) is 11.9 Å². The van der Waals surface area contributed by atoms with Crippen molar-refractivity contribution in [2.24, 2.45) is 0 Å². The number of anilines is 1. The van der Waals surface area contributed by atoms with Gasteiger partial charge in [0.15, 0.2) is 0 Å². The molecule has 0 bridgehead atoms. The van der Waals surface area contributed by atoms with Gasteiger partial charge >= 0.3 is 0 Å². The van der Waals surface area contributed by atoms with E-state index in [1.165, 1.54) is 12.1 Å². The lowest BCUT2D eigenvalue weighted by Crippen LogP contribution is -2.05. The van der Waals surface area contributed by atoms with Crippen LogP contribution in [0.15, 0.2) is 52.9 Å². The van der Waals surface area contributed by atoms with Crippen LogP contribution in [0.1, 0.15) is 18.7 Å². The van der Waals surface area contributed by atoms with Crippen LogP contribution in [0.25, 0.3) is 11.0 Å². The molecular formula is C16H13ClFNO. The first-order valence-electron chi connectivity index (χ1n) is 6.33. The summed E-state index contributed by atoms with van der Waals surface area (Å²) < 4.78 is 19.1. The fraction of sp³-hybridized carbons (Fsp3) is 0.125. The van der Waals surface area contributed by atoms with Gasteiger partial charge in [0.25, 0.3) is 0 Å². The number of fused-ring (bicyclic) bond motifs is 1. The van der Waals surface area contributed by atoms with Crippen molar-refractivity contribution < 1.29 is 8.81 Å². The van der Waals surface area contributed by atoms with Crippen molar-refractivity contribution in [2.75, 3.05) is 5.32 Å². The summed E-state index contributed by atoms with van der Waals surface area (Å²) in [5, 5.41) is 4.60. The van der Waals surface area contributed by atoms with Crippen LogP contribution in [0, 0.1) is 5.82 Å². The van der Waals surface area contributed by atoms with Crippen LogP contribution in [-0.2, 0) is 0 Å². The largest absolute Gasteiger partial charge is 0.459 e. The van der Waals surface area contributed by atoms with Gasteiger partial charge < -0.3 is 9.73 Å². The van der Waals surface area contributed by atoms with Crippen LogP contribution in [0.2, 0.25) is 5.02 Å². The zero-order chi connectivity index (χ0) is 14.1. The third kappa shape index (κ3) is 2.63. The molecule has 0 aliphatic heterocycles. The molecule has 3 rings (SSSR count). The van der Waals surface area contributed by atoms with Crippen molar-refractivity contribution in [2.45, 2.75) is 13.0 Å². The van der Waals surface area contributed by atoms with E-state index in [9.17, 15) is 4.39 Å². The highest BCUT2D eigenvalue weighted by molar-refractivity contribution is 6.30. The monoisotopic (exact) mass is 289 g/mol. The Hall–Kier alpha value is -2.00. The zero-order valence-electron chi connectivity index (χ0n) is 10.9. The third-order valence-electron chi connectivity index (χ3n) is 3.12. The van der Waals surface area contributed by atoms with Gasteiger partial charge in [-0.2, -0.15) is 0 Å². The van der Waals surface area contributed by atoms with E-state index in [4.69, 9.17) is 16.0 Å². The van der Waals surface area contributed by atoms with Crippen molar-refractivity contribution >= 4 is 28.3 Å². The molecule has 102 valence electrons. The number of halogens is 2. The molecule has 4 heteroatoms. The highest BCUT2D eigenvalue weighted by Gasteiger charge is 2.12. The number of rotatable bonds is 3. The molecule has 0 radical (unpaired) electrons. The molecule has 2 aromatic carbocycles. The molecule has 0 amide bonds. The SMILES string of the molecule is CC(Nc1cc(F)cc(Cl)c1)c1cc2ccccc2o1. The standard InChI is InChI=1S/C16H13ClFNO/c1-10(19-14-8-12(17)7-13(18)9-14)16-6-11-4-2-3-5-15(11)20-16/h2-10,19H,1H3. The number of furan rings is 1. The molecule has 0 saturated heterocycles. The minimum absolute atomic E-state index is 0.0831. The van der Waals surface area contributed by atoms with E-state index < -0.39 is 0 Å². The average Bonchev–Trinajstić information content (AvgIpc) is 2.81. The molecule has 2 nitrogen and oxygen atoms in total. The first kappa shape index (κ1) is 13.0. The van der Waals surface area contributed by atoms with E-state index in [0.717, 1.165) is 16.7 Å². The van der Waals surface area contributed by atoms with Crippen molar-refractivity contribution in [1.82, 2.24) is 0 Å². The van der Waals surface area contributed by atoms with E-state index in [2.05, 4.69) is 5.32 Å². The fourth-order valence-corrected chi connectivity index (χ4v) is 2.40. The summed E-state index contributed by atoms with van der Waals surface area (Å²) in [6, 6.07) is 14.1. The van der Waals surface area contributed by atoms with Crippen LogP contribution in [0.3, 0.4) is 0 Å². The molecule has 0 saturated carbocycles. The Morgan fingerprint density at radius 1 is 1.15 bits per heavy atom. The molecule has 3 aromatic rings. The first-order chi connectivity index (χ1) is 9.61. The second-order valence-corrected chi connectivity index (χ2v) is 5.15. The maximum atomic E-state index is 13.3. The number of nitrogens with one attached hydrogen (secondary N) is 1. The Balaban J connectivity index is 1.86. The summed E-state index contributed by atoms with van der Waals surface area (Å²) in [6.07, 6.45) is 0. The predicted octanol–water partition coefficient (Wildman–Crippen LogP) is 5.40. The molecule has 1 heterocycles. The normalized spacial score (nSPS) is 12.6. The van der Waals surface area contributed by atoms with Crippen molar-refractivity contribution in [3.05, 3.63) is 65.1 Å². The Morgan fingerprint density at radius 3 is 2.70 bits per heavy atom. The maximum absolute atomic E-state index is 13.3. The summed E-state index contributed by atoms with van der Waals surface area (Å²) in [5.41, 5.74) is 1.47. The van der Waals surface area contributed by atoms with Gasteiger partial charge in [-0.3, -0.25) is 0 Å². The van der Waals surface area contributed by atoms with Gasteiger partial charge in [-0.15, -0.1) is 0 Å². The molecule has 1 aromatic heterocycles. The van der Waals surface area contributed by atoms with Gasteiger partial charge in [0.05, 0.1) is 6.04 Å². The van der Waals surface area contributed by atoms with Crippen LogP contribution in [0.5, 0.6) is 0 Å². The number of benzene rings is 2. The van der Waals surface area contributed by atoms with Crippen LogP contribution >= 0.6 is 11.6 Å². The third-order valence-corrected chi connectivity index (χ3v) is 3.34. The van der Waals surface area contributed by atoms with Gasteiger partial charge in [-0.05, 0) is 37.3 Å². The Bertz CT molecular complexity index is 700. The summed E-state index contributed by atoms with van der Waals surface area (Å²) in [4.78, 5) is 0. The van der Waals surface area contributed by atoms with Gasteiger partial charge in [-0.25, -0.2) is 4.39 Å². The quantitative estimate of drug-likeness (QED) is 0.698. The lowest BCUT2D eigenvalue weighted by Gasteiger charge is -2.13. The highest BCUT2D eigenvalue weighted by atomic mass is 35.5. The minimum Gasteiger partial charge on any atom is -0.459 e. The average molecular weight is 290 g/mol. The van der Waals surface area contributed by atoms with Crippen molar-refractivity contribution in [3.63, 3.8) is 0 Å². The molecule has 0 spiro atoms. The van der Waals surface area contributed by atoms with Crippen LogP contribution in [-0.4, -0.2) is 0 Å². The zero-order valence-corrected chi connectivity index (χ0v) is 11.6. The predicted molar refractivity (Wildman–Crippen MR) is 79.7 cm³/mol. The number of hydrogen-bond donors (Lipinski definition) is 1. The van der Waals surface area contributed by atoms with E-state index in [0.29, 0.717) is 10.7 Å². The molecule has 0 fully saturated rings. The van der Waals surface area contributed by atoms with Gasteiger partial charge in [0.2, 0.25) is 0 Å². The highest BCUT2D eigenvalue weighted by Crippen LogP contribution is 2.27. The lowest BCUT2D eigenvalue weighted by molar-refractivity contribution is 0.526. The van der Waals surface area contributed by atoms with Crippen molar-refractivity contribution in [3.8, 4) is 0 Å². The minimum atomic E-state index is -0.364. The molecule has 1 N–H and O–H groups in total. The second kappa shape index (κ2) is 5.17. The summed E-state index contributed by atoms with van der Waals surface area (Å²) in [5.74, 6) is 0.434. The van der Waals surface area contributed by atoms with E-state index in [1.54, 1.807) is 6.07 Å². The molecule has 1 unspecified atom stereocenters.